The molecule has 6 heteroatoms. The van der Waals surface area contributed by atoms with Crippen LogP contribution < -0.4 is 4.74 Å². The molecule has 0 amide bonds. The molecule has 4 nitrogen and oxygen atoms in total. The Morgan fingerprint density at radius 1 is 0.952 bits per heavy atom. The van der Waals surface area contributed by atoms with Gasteiger partial charge in [-0.3, -0.25) is 0 Å². The van der Waals surface area contributed by atoms with Crippen molar-refractivity contribution in [1.29, 1.82) is 0 Å². The lowest BCUT2D eigenvalue weighted by Gasteiger charge is -2.09. The summed E-state index contributed by atoms with van der Waals surface area (Å²) in [6.07, 6.45) is 0. The number of hydrogen-bond acceptors (Lipinski definition) is 4. The summed E-state index contributed by atoms with van der Waals surface area (Å²) >= 11 is 6.59. The number of ether oxygens (including phenoxy) is 2. The minimum absolute atomic E-state index is 0.154. The Morgan fingerprint density at radius 3 is 2.38 bits per heavy atom. The highest BCUT2D eigenvalue weighted by atomic mass is 79.9. The maximum atomic E-state index is 12.2. The van der Waals surface area contributed by atoms with Crippen molar-refractivity contribution in [2.45, 2.75) is 0 Å². The van der Waals surface area contributed by atoms with Gasteiger partial charge in [-0.15, -0.1) is 0 Å². The standard InChI is InChI=1S/C15H10Br2O4/c1-20-14(18)10-4-2-3-5-13(10)21-15(19)11-8-9(16)6-7-12(11)17/h2-8H,1H3. The molecular weight excluding hydrogens is 404 g/mol. The van der Waals surface area contributed by atoms with Crippen molar-refractivity contribution >= 4 is 43.8 Å². The normalized spacial score (nSPS) is 10.0. The summed E-state index contributed by atoms with van der Waals surface area (Å²) in [5.41, 5.74) is 0.545. The maximum Gasteiger partial charge on any atom is 0.344 e. The Kier molecular flexibility index (Phi) is 5.14. The van der Waals surface area contributed by atoms with Gasteiger partial charge in [0.25, 0.3) is 0 Å². The Bertz CT molecular complexity index is 698. The van der Waals surface area contributed by atoms with E-state index in [1.54, 1.807) is 30.3 Å². The third-order valence-corrected chi connectivity index (χ3v) is 3.83. The number of rotatable bonds is 3. The third-order valence-electron chi connectivity index (χ3n) is 2.64. The van der Waals surface area contributed by atoms with Crippen molar-refractivity contribution < 1.29 is 19.1 Å². The van der Waals surface area contributed by atoms with Gasteiger partial charge in [-0.2, -0.15) is 0 Å². The highest BCUT2D eigenvalue weighted by molar-refractivity contribution is 9.11. The van der Waals surface area contributed by atoms with Crippen LogP contribution in [0, 0.1) is 0 Å². The summed E-state index contributed by atoms with van der Waals surface area (Å²) in [6.45, 7) is 0. The van der Waals surface area contributed by atoms with Crippen LogP contribution in [0.5, 0.6) is 5.75 Å². The van der Waals surface area contributed by atoms with Gasteiger partial charge in [-0.25, -0.2) is 9.59 Å². The summed E-state index contributed by atoms with van der Waals surface area (Å²) < 4.78 is 11.3. The van der Waals surface area contributed by atoms with Crippen molar-refractivity contribution in [3.8, 4) is 5.75 Å². The van der Waals surface area contributed by atoms with Gasteiger partial charge in [0, 0.05) is 8.95 Å². The Hall–Kier alpha value is -1.66. The van der Waals surface area contributed by atoms with Gasteiger partial charge in [0.15, 0.2) is 0 Å². The smallest absolute Gasteiger partial charge is 0.344 e. The molecule has 0 saturated heterocycles. The number of hydrogen-bond donors (Lipinski definition) is 0. The second-order valence-corrected chi connectivity index (χ2v) is 5.77. The number of carbonyl (C=O) groups is 2. The second-order valence-electron chi connectivity index (χ2n) is 4.00. The minimum atomic E-state index is -0.570. The van der Waals surface area contributed by atoms with E-state index >= 15 is 0 Å². The van der Waals surface area contributed by atoms with Crippen LogP contribution in [0.2, 0.25) is 0 Å². The molecule has 0 spiro atoms. The van der Waals surface area contributed by atoms with E-state index in [4.69, 9.17) is 4.74 Å². The summed E-state index contributed by atoms with van der Waals surface area (Å²) in [7, 11) is 1.27. The zero-order chi connectivity index (χ0) is 15.4. The van der Waals surface area contributed by atoms with Gasteiger partial charge < -0.3 is 9.47 Å². The van der Waals surface area contributed by atoms with Crippen LogP contribution in [0.25, 0.3) is 0 Å². The molecular formula is C15H10Br2O4. The average Bonchev–Trinajstić information content (AvgIpc) is 2.49. The minimum Gasteiger partial charge on any atom is -0.465 e. The molecule has 0 fully saturated rings. The van der Waals surface area contributed by atoms with E-state index < -0.39 is 11.9 Å². The van der Waals surface area contributed by atoms with Gasteiger partial charge in [-0.1, -0.05) is 28.1 Å². The first kappa shape index (κ1) is 15.7. The van der Waals surface area contributed by atoms with Crippen molar-refractivity contribution in [2.75, 3.05) is 7.11 Å². The average molecular weight is 414 g/mol. The van der Waals surface area contributed by atoms with Gasteiger partial charge in [0.1, 0.15) is 11.3 Å². The second kappa shape index (κ2) is 6.87. The molecule has 0 N–H and O–H groups in total. The van der Waals surface area contributed by atoms with Crippen LogP contribution in [-0.2, 0) is 4.74 Å². The molecule has 2 rings (SSSR count). The van der Waals surface area contributed by atoms with Gasteiger partial charge in [0.2, 0.25) is 0 Å². The Labute approximate surface area is 138 Å². The zero-order valence-corrected chi connectivity index (χ0v) is 14.1. The molecule has 2 aromatic rings. The highest BCUT2D eigenvalue weighted by Crippen LogP contribution is 2.25. The number of carbonyl (C=O) groups excluding carboxylic acids is 2. The zero-order valence-electron chi connectivity index (χ0n) is 10.9. The van der Waals surface area contributed by atoms with Gasteiger partial charge in [0.05, 0.1) is 12.7 Å². The van der Waals surface area contributed by atoms with Crippen molar-refractivity contribution in [3.63, 3.8) is 0 Å². The molecule has 0 aliphatic rings. The third kappa shape index (κ3) is 3.71. The van der Waals surface area contributed by atoms with Crippen LogP contribution in [-0.4, -0.2) is 19.0 Å². The van der Waals surface area contributed by atoms with E-state index in [9.17, 15) is 9.59 Å². The first-order valence-corrected chi connectivity index (χ1v) is 7.46. The predicted octanol–water partition coefficient (Wildman–Crippen LogP) is 4.22. The molecule has 0 aromatic heterocycles. The molecule has 0 aliphatic heterocycles. The van der Waals surface area contributed by atoms with Crippen molar-refractivity contribution in [2.24, 2.45) is 0 Å². The first-order valence-electron chi connectivity index (χ1n) is 5.87. The molecule has 0 saturated carbocycles. The van der Waals surface area contributed by atoms with E-state index in [-0.39, 0.29) is 11.3 Å². The van der Waals surface area contributed by atoms with E-state index in [2.05, 4.69) is 36.6 Å². The maximum absolute atomic E-state index is 12.2. The molecule has 0 heterocycles. The lowest BCUT2D eigenvalue weighted by atomic mass is 10.2. The number of halogens is 2. The summed E-state index contributed by atoms with van der Waals surface area (Å²) in [5, 5.41) is 0. The lowest BCUT2D eigenvalue weighted by Crippen LogP contribution is -2.12. The molecule has 108 valence electrons. The Morgan fingerprint density at radius 2 is 1.67 bits per heavy atom. The fraction of sp³-hybridized carbons (Fsp3) is 0.0667. The first-order chi connectivity index (χ1) is 10.0. The summed E-state index contributed by atoms with van der Waals surface area (Å²) in [5.74, 6) is -0.979. The quantitative estimate of drug-likeness (QED) is 0.558. The molecule has 0 atom stereocenters. The molecule has 0 aliphatic carbocycles. The van der Waals surface area contributed by atoms with Gasteiger partial charge >= 0.3 is 11.9 Å². The van der Waals surface area contributed by atoms with E-state index in [1.165, 1.54) is 19.2 Å². The van der Waals surface area contributed by atoms with E-state index in [0.717, 1.165) is 4.47 Å². The fourth-order valence-corrected chi connectivity index (χ4v) is 2.41. The fourth-order valence-electron chi connectivity index (χ4n) is 1.64. The Balaban J connectivity index is 2.32. The topological polar surface area (TPSA) is 52.6 Å². The van der Waals surface area contributed by atoms with Gasteiger partial charge in [-0.05, 0) is 46.3 Å². The number of esters is 2. The molecule has 0 unspecified atom stereocenters. The largest absolute Gasteiger partial charge is 0.465 e. The van der Waals surface area contributed by atoms with Crippen LogP contribution in [0.15, 0.2) is 51.4 Å². The number of benzene rings is 2. The molecule has 2 aromatic carbocycles. The van der Waals surface area contributed by atoms with Crippen molar-refractivity contribution in [1.82, 2.24) is 0 Å². The predicted molar refractivity (Wildman–Crippen MR) is 84.6 cm³/mol. The molecule has 21 heavy (non-hydrogen) atoms. The van der Waals surface area contributed by atoms with Crippen LogP contribution in [0.1, 0.15) is 20.7 Å². The van der Waals surface area contributed by atoms with Crippen LogP contribution in [0.3, 0.4) is 0 Å². The number of para-hydroxylation sites is 1. The van der Waals surface area contributed by atoms with Crippen molar-refractivity contribution in [3.05, 3.63) is 62.5 Å². The molecule has 0 radical (unpaired) electrons. The van der Waals surface area contributed by atoms with E-state index in [1.807, 2.05) is 0 Å². The monoisotopic (exact) mass is 412 g/mol. The van der Waals surface area contributed by atoms with Crippen LogP contribution in [0.4, 0.5) is 0 Å². The summed E-state index contributed by atoms with van der Waals surface area (Å²) in [4.78, 5) is 23.9. The molecule has 0 bridgehead atoms. The van der Waals surface area contributed by atoms with Crippen LogP contribution >= 0.6 is 31.9 Å². The SMILES string of the molecule is COC(=O)c1ccccc1OC(=O)c1cc(Br)ccc1Br. The number of methoxy groups -OCH3 is 1. The highest BCUT2D eigenvalue weighted by Gasteiger charge is 2.18. The lowest BCUT2D eigenvalue weighted by molar-refractivity contribution is 0.0593. The van der Waals surface area contributed by atoms with E-state index in [0.29, 0.717) is 10.0 Å². The summed E-state index contributed by atoms with van der Waals surface area (Å²) in [6, 6.07) is 11.6.